The summed E-state index contributed by atoms with van der Waals surface area (Å²) >= 11 is 1.61. The van der Waals surface area contributed by atoms with Gasteiger partial charge in [0.15, 0.2) is 0 Å². The van der Waals surface area contributed by atoms with Crippen molar-refractivity contribution in [3.05, 3.63) is 95.1 Å². The Hall–Kier alpha value is -3.05. The van der Waals surface area contributed by atoms with Crippen molar-refractivity contribution in [3.63, 3.8) is 0 Å². The fraction of sp³-hybridized carbons (Fsp3) is 0.310. The third-order valence-electron chi connectivity index (χ3n) is 6.17. The Morgan fingerprint density at radius 3 is 2.47 bits per heavy atom. The summed E-state index contributed by atoms with van der Waals surface area (Å²) in [4.78, 5) is 27.4. The Morgan fingerprint density at radius 2 is 1.79 bits per heavy atom. The zero-order valence-electron chi connectivity index (χ0n) is 20.1. The first-order valence-corrected chi connectivity index (χ1v) is 13.0. The molecule has 3 aromatic rings. The molecular formula is C29H32N2O2S. The third kappa shape index (κ3) is 5.53. The molecule has 1 atom stereocenters. The predicted octanol–water partition coefficient (Wildman–Crippen LogP) is 7.18. The number of amides is 2. The maximum Gasteiger partial charge on any atom is 0.255 e. The molecule has 4 nitrogen and oxygen atoms in total. The van der Waals surface area contributed by atoms with Crippen molar-refractivity contribution in [2.24, 2.45) is 0 Å². The number of rotatable bonds is 8. The molecule has 34 heavy (non-hydrogen) atoms. The summed E-state index contributed by atoms with van der Waals surface area (Å²) in [6.45, 7) is 6.50. The second-order valence-electron chi connectivity index (χ2n) is 9.05. The number of hydrogen-bond acceptors (Lipinski definition) is 3. The van der Waals surface area contributed by atoms with Crippen molar-refractivity contribution in [2.45, 2.75) is 51.3 Å². The van der Waals surface area contributed by atoms with Gasteiger partial charge in [0.1, 0.15) is 5.37 Å². The van der Waals surface area contributed by atoms with Crippen molar-refractivity contribution in [2.75, 3.05) is 16.0 Å². The molecule has 1 saturated heterocycles. The maximum atomic E-state index is 12.8. The number of benzene rings is 3. The number of nitrogens with one attached hydrogen (secondary N) is 1. The lowest BCUT2D eigenvalue weighted by molar-refractivity contribution is -0.115. The molecule has 2 amide bonds. The van der Waals surface area contributed by atoms with E-state index in [9.17, 15) is 9.59 Å². The largest absolute Gasteiger partial charge is 0.322 e. The minimum atomic E-state index is -0.129. The molecule has 1 fully saturated rings. The number of aryl methyl sites for hydroxylation is 1. The van der Waals surface area contributed by atoms with Crippen molar-refractivity contribution in [1.29, 1.82) is 0 Å². The van der Waals surface area contributed by atoms with Gasteiger partial charge >= 0.3 is 0 Å². The van der Waals surface area contributed by atoms with Gasteiger partial charge in [0.25, 0.3) is 5.91 Å². The minimum Gasteiger partial charge on any atom is -0.322 e. The summed E-state index contributed by atoms with van der Waals surface area (Å²) in [5.74, 6) is 0.860. The molecule has 5 heteroatoms. The van der Waals surface area contributed by atoms with Gasteiger partial charge in [-0.2, -0.15) is 0 Å². The Bertz CT molecular complexity index is 1140. The van der Waals surface area contributed by atoms with E-state index in [1.54, 1.807) is 11.8 Å². The fourth-order valence-electron chi connectivity index (χ4n) is 4.15. The molecule has 0 aromatic heterocycles. The second kappa shape index (κ2) is 10.9. The van der Waals surface area contributed by atoms with E-state index in [4.69, 9.17) is 0 Å². The van der Waals surface area contributed by atoms with Crippen LogP contribution in [-0.4, -0.2) is 17.6 Å². The molecule has 0 aliphatic carbocycles. The van der Waals surface area contributed by atoms with E-state index in [2.05, 4.69) is 38.2 Å². The van der Waals surface area contributed by atoms with Gasteiger partial charge in [0, 0.05) is 16.9 Å². The Balaban J connectivity index is 1.49. The first-order chi connectivity index (χ1) is 16.5. The highest BCUT2D eigenvalue weighted by Crippen LogP contribution is 2.42. The van der Waals surface area contributed by atoms with Crippen LogP contribution >= 0.6 is 11.8 Å². The monoisotopic (exact) mass is 472 g/mol. The van der Waals surface area contributed by atoms with Crippen LogP contribution in [0, 0.1) is 0 Å². The Morgan fingerprint density at radius 1 is 1.06 bits per heavy atom. The van der Waals surface area contributed by atoms with Gasteiger partial charge in [-0.25, -0.2) is 0 Å². The molecule has 0 saturated carbocycles. The molecule has 1 aliphatic rings. The number of thioether (sulfide) groups is 1. The van der Waals surface area contributed by atoms with Crippen LogP contribution in [0.25, 0.3) is 0 Å². The average Bonchev–Trinajstić information content (AvgIpc) is 3.24. The van der Waals surface area contributed by atoms with E-state index in [-0.39, 0.29) is 17.2 Å². The summed E-state index contributed by atoms with van der Waals surface area (Å²) in [5.41, 5.74) is 5.78. The Labute approximate surface area is 206 Å². The Kier molecular flexibility index (Phi) is 7.73. The first kappa shape index (κ1) is 24.1. The van der Waals surface area contributed by atoms with E-state index in [0.29, 0.717) is 17.2 Å². The molecule has 0 radical (unpaired) electrons. The van der Waals surface area contributed by atoms with E-state index in [1.165, 1.54) is 11.1 Å². The van der Waals surface area contributed by atoms with Crippen LogP contribution in [0.1, 0.15) is 72.0 Å². The lowest BCUT2D eigenvalue weighted by atomic mass is 10.0. The number of unbranched alkanes of at least 4 members (excludes halogenated alkanes) is 1. The van der Waals surface area contributed by atoms with Crippen LogP contribution in [0.2, 0.25) is 0 Å². The highest BCUT2D eigenvalue weighted by Gasteiger charge is 2.34. The summed E-state index contributed by atoms with van der Waals surface area (Å²) in [6.07, 6.45) is 3.35. The molecule has 1 unspecified atom stereocenters. The maximum absolute atomic E-state index is 12.8. The number of carbonyl (C=O) groups excluding carboxylic acids is 2. The van der Waals surface area contributed by atoms with Crippen LogP contribution in [0.3, 0.4) is 0 Å². The predicted molar refractivity (Wildman–Crippen MR) is 143 cm³/mol. The van der Waals surface area contributed by atoms with E-state index >= 15 is 0 Å². The quantitative estimate of drug-likeness (QED) is 0.378. The molecule has 176 valence electrons. The van der Waals surface area contributed by atoms with Gasteiger partial charge in [0.2, 0.25) is 5.91 Å². The SMILES string of the molecule is CCCCc1ccc(C(=O)Nc2cccc(C3SCC(=O)N3c3ccc(C(C)C)cc3)c2)cc1. The van der Waals surface area contributed by atoms with Gasteiger partial charge in [-0.3, -0.25) is 14.5 Å². The first-order valence-electron chi connectivity index (χ1n) is 12.0. The lowest BCUT2D eigenvalue weighted by Crippen LogP contribution is -2.27. The summed E-state index contributed by atoms with van der Waals surface area (Å²) < 4.78 is 0. The molecule has 0 spiro atoms. The van der Waals surface area contributed by atoms with Gasteiger partial charge in [0.05, 0.1) is 5.75 Å². The van der Waals surface area contributed by atoms with Crippen molar-refractivity contribution in [3.8, 4) is 0 Å². The zero-order valence-corrected chi connectivity index (χ0v) is 20.9. The van der Waals surface area contributed by atoms with Gasteiger partial charge in [-0.1, -0.05) is 63.6 Å². The van der Waals surface area contributed by atoms with E-state index in [1.807, 2.05) is 65.6 Å². The smallest absolute Gasteiger partial charge is 0.255 e. The summed E-state index contributed by atoms with van der Waals surface area (Å²) in [7, 11) is 0. The van der Waals surface area contributed by atoms with Crippen LogP contribution in [-0.2, 0) is 11.2 Å². The number of nitrogens with zero attached hydrogens (tertiary/aromatic N) is 1. The van der Waals surface area contributed by atoms with Crippen LogP contribution in [0.5, 0.6) is 0 Å². The molecule has 1 aliphatic heterocycles. The number of hydrogen-bond donors (Lipinski definition) is 1. The van der Waals surface area contributed by atoms with Crippen LogP contribution in [0.4, 0.5) is 11.4 Å². The summed E-state index contributed by atoms with van der Waals surface area (Å²) in [6, 6.07) is 23.9. The van der Waals surface area contributed by atoms with Crippen LogP contribution in [0.15, 0.2) is 72.8 Å². The highest BCUT2D eigenvalue weighted by atomic mass is 32.2. The molecule has 3 aromatic carbocycles. The topological polar surface area (TPSA) is 49.4 Å². The average molecular weight is 473 g/mol. The van der Waals surface area contributed by atoms with E-state index < -0.39 is 0 Å². The standard InChI is InChI=1S/C29H32N2O2S/c1-4-5-7-21-10-12-23(13-11-21)28(33)30-25-9-6-8-24(18-25)29-31(27(32)19-34-29)26-16-14-22(15-17-26)20(2)3/h6,8-18,20,29H,4-5,7,19H2,1-3H3,(H,30,33). The van der Waals surface area contributed by atoms with Gasteiger partial charge in [-0.15, -0.1) is 11.8 Å². The molecule has 4 rings (SSSR count). The van der Waals surface area contributed by atoms with Crippen molar-refractivity contribution in [1.82, 2.24) is 0 Å². The van der Waals surface area contributed by atoms with E-state index in [0.717, 1.165) is 36.2 Å². The van der Waals surface area contributed by atoms with Crippen molar-refractivity contribution < 1.29 is 9.59 Å². The van der Waals surface area contributed by atoms with Crippen molar-refractivity contribution >= 4 is 35.0 Å². The lowest BCUT2D eigenvalue weighted by Gasteiger charge is -2.25. The third-order valence-corrected chi connectivity index (χ3v) is 7.38. The van der Waals surface area contributed by atoms with Gasteiger partial charge in [-0.05, 0) is 71.8 Å². The summed E-state index contributed by atoms with van der Waals surface area (Å²) in [5, 5.41) is 2.90. The second-order valence-corrected chi connectivity index (χ2v) is 10.1. The van der Waals surface area contributed by atoms with Crippen LogP contribution < -0.4 is 10.2 Å². The molecule has 1 heterocycles. The normalized spacial score (nSPS) is 15.7. The molecule has 1 N–H and O–H groups in total. The highest BCUT2D eigenvalue weighted by molar-refractivity contribution is 8.00. The van der Waals surface area contributed by atoms with Gasteiger partial charge < -0.3 is 5.32 Å². The zero-order chi connectivity index (χ0) is 24.1. The molecular weight excluding hydrogens is 440 g/mol. The molecule has 0 bridgehead atoms. The number of carbonyl (C=O) groups is 2. The minimum absolute atomic E-state index is 0.102. The fourth-order valence-corrected chi connectivity index (χ4v) is 5.31. The number of anilines is 2.